The van der Waals surface area contributed by atoms with Crippen molar-refractivity contribution >= 4 is 11.9 Å². The molecule has 1 aromatic rings. The van der Waals surface area contributed by atoms with Crippen molar-refractivity contribution in [3.63, 3.8) is 0 Å². The molecule has 0 aliphatic heterocycles. The fourth-order valence-electron chi connectivity index (χ4n) is 2.04. The monoisotopic (exact) mass is 293 g/mol. The van der Waals surface area contributed by atoms with Gasteiger partial charge in [0.05, 0.1) is 20.1 Å². The highest BCUT2D eigenvalue weighted by Gasteiger charge is 2.23. The Kier molecular flexibility index (Phi) is 7.46. The molecule has 0 heterocycles. The number of ether oxygens (including phenoxy) is 2. The average molecular weight is 293 g/mol. The van der Waals surface area contributed by atoms with E-state index in [4.69, 9.17) is 4.74 Å². The molecule has 1 N–H and O–H groups in total. The average Bonchev–Trinajstić information content (AvgIpc) is 2.47. The fourth-order valence-corrected chi connectivity index (χ4v) is 2.04. The molecule has 1 aromatic carbocycles. The molecule has 116 valence electrons. The molecule has 0 bridgehead atoms. The Bertz CT molecular complexity index is 447. The second-order valence-corrected chi connectivity index (χ2v) is 4.84. The van der Waals surface area contributed by atoms with Gasteiger partial charge in [0.25, 0.3) is 0 Å². The Morgan fingerprint density at radius 2 is 1.90 bits per heavy atom. The topological polar surface area (TPSA) is 64.6 Å². The second-order valence-electron chi connectivity index (χ2n) is 4.84. The van der Waals surface area contributed by atoms with Crippen LogP contribution >= 0.6 is 0 Å². The highest BCUT2D eigenvalue weighted by molar-refractivity contribution is 5.76. The summed E-state index contributed by atoms with van der Waals surface area (Å²) in [5.74, 6) is -0.615. The molecule has 2 atom stereocenters. The molecule has 5 heteroatoms. The molecule has 0 saturated heterocycles. The molecule has 0 aromatic heterocycles. The zero-order valence-electron chi connectivity index (χ0n) is 12.8. The highest BCUT2D eigenvalue weighted by atomic mass is 16.5. The summed E-state index contributed by atoms with van der Waals surface area (Å²) in [5, 5.41) is 3.14. The van der Waals surface area contributed by atoms with Crippen LogP contribution in [0.15, 0.2) is 30.3 Å². The van der Waals surface area contributed by atoms with Crippen molar-refractivity contribution in [1.29, 1.82) is 0 Å². The summed E-state index contributed by atoms with van der Waals surface area (Å²) in [6.45, 7) is 3.95. The van der Waals surface area contributed by atoms with Crippen molar-refractivity contribution in [3.05, 3.63) is 35.9 Å². The molecule has 0 aliphatic carbocycles. The van der Waals surface area contributed by atoms with Crippen LogP contribution in [0.1, 0.15) is 25.8 Å². The van der Waals surface area contributed by atoms with E-state index >= 15 is 0 Å². The van der Waals surface area contributed by atoms with E-state index < -0.39 is 6.04 Å². The Balaban J connectivity index is 2.68. The van der Waals surface area contributed by atoms with Gasteiger partial charge < -0.3 is 14.8 Å². The van der Waals surface area contributed by atoms with Gasteiger partial charge in [0.1, 0.15) is 6.04 Å². The maximum atomic E-state index is 12.0. The molecule has 0 saturated carbocycles. The van der Waals surface area contributed by atoms with E-state index in [0.717, 1.165) is 5.56 Å². The molecule has 0 amide bonds. The number of hydrogen-bond donors (Lipinski definition) is 1. The number of carbonyl (C=O) groups excluding carboxylic acids is 2. The lowest BCUT2D eigenvalue weighted by molar-refractivity contribution is -0.147. The molecule has 1 rings (SSSR count). The number of esters is 2. The predicted molar refractivity (Wildman–Crippen MR) is 79.8 cm³/mol. The van der Waals surface area contributed by atoms with Crippen LogP contribution in [0.2, 0.25) is 0 Å². The van der Waals surface area contributed by atoms with Crippen molar-refractivity contribution < 1.29 is 19.1 Å². The van der Waals surface area contributed by atoms with Gasteiger partial charge in [-0.25, -0.2) is 0 Å². The van der Waals surface area contributed by atoms with Crippen LogP contribution < -0.4 is 5.32 Å². The zero-order valence-corrected chi connectivity index (χ0v) is 12.8. The van der Waals surface area contributed by atoms with E-state index in [-0.39, 0.29) is 24.4 Å². The van der Waals surface area contributed by atoms with E-state index in [1.165, 1.54) is 7.11 Å². The molecule has 2 unspecified atom stereocenters. The highest BCUT2D eigenvalue weighted by Crippen LogP contribution is 2.07. The molecular weight excluding hydrogens is 270 g/mol. The SMILES string of the molecule is CCOC(=O)C(Cc1ccccc1)NC(C)CC(=O)OC. The number of carbonyl (C=O) groups is 2. The standard InChI is InChI=1S/C16H23NO4/c1-4-21-16(19)14(11-13-8-6-5-7-9-13)17-12(2)10-15(18)20-3/h5-9,12,14,17H,4,10-11H2,1-3H3. The first kappa shape index (κ1) is 17.2. The van der Waals surface area contributed by atoms with Crippen molar-refractivity contribution in [1.82, 2.24) is 5.32 Å². The molecule has 0 radical (unpaired) electrons. The minimum absolute atomic E-state index is 0.171. The van der Waals surface area contributed by atoms with Gasteiger partial charge in [-0.15, -0.1) is 0 Å². The molecule has 5 nitrogen and oxygen atoms in total. The first-order valence-corrected chi connectivity index (χ1v) is 7.10. The van der Waals surface area contributed by atoms with Crippen molar-refractivity contribution in [2.75, 3.05) is 13.7 Å². The van der Waals surface area contributed by atoms with Gasteiger partial charge >= 0.3 is 11.9 Å². The fraction of sp³-hybridized carbons (Fsp3) is 0.500. The number of methoxy groups -OCH3 is 1. The van der Waals surface area contributed by atoms with Crippen LogP contribution in [-0.4, -0.2) is 37.7 Å². The third-order valence-corrected chi connectivity index (χ3v) is 3.04. The van der Waals surface area contributed by atoms with Gasteiger partial charge in [0.15, 0.2) is 0 Å². The number of hydrogen-bond acceptors (Lipinski definition) is 5. The minimum Gasteiger partial charge on any atom is -0.469 e. The van der Waals surface area contributed by atoms with E-state index in [9.17, 15) is 9.59 Å². The van der Waals surface area contributed by atoms with Crippen LogP contribution in [0.5, 0.6) is 0 Å². The maximum absolute atomic E-state index is 12.0. The van der Waals surface area contributed by atoms with Crippen molar-refractivity contribution in [2.45, 2.75) is 38.8 Å². The lowest BCUT2D eigenvalue weighted by atomic mass is 10.0. The normalized spacial score (nSPS) is 13.3. The molecule has 21 heavy (non-hydrogen) atoms. The number of rotatable bonds is 8. The largest absolute Gasteiger partial charge is 0.469 e. The number of nitrogens with one attached hydrogen (secondary N) is 1. The van der Waals surface area contributed by atoms with Crippen LogP contribution in [-0.2, 0) is 25.5 Å². The van der Waals surface area contributed by atoms with Crippen LogP contribution in [0, 0.1) is 0 Å². The maximum Gasteiger partial charge on any atom is 0.323 e. The van der Waals surface area contributed by atoms with E-state index in [0.29, 0.717) is 13.0 Å². The Labute approximate surface area is 125 Å². The van der Waals surface area contributed by atoms with E-state index in [2.05, 4.69) is 10.1 Å². The van der Waals surface area contributed by atoms with Gasteiger partial charge in [-0.05, 0) is 25.8 Å². The van der Waals surface area contributed by atoms with Crippen LogP contribution in [0.3, 0.4) is 0 Å². The summed E-state index contributed by atoms with van der Waals surface area (Å²) in [6.07, 6.45) is 0.729. The van der Waals surface area contributed by atoms with Crippen LogP contribution in [0.4, 0.5) is 0 Å². The van der Waals surface area contributed by atoms with Gasteiger partial charge in [-0.3, -0.25) is 9.59 Å². The van der Waals surface area contributed by atoms with Gasteiger partial charge in [-0.2, -0.15) is 0 Å². The summed E-state index contributed by atoms with van der Waals surface area (Å²) in [5.41, 5.74) is 1.04. The number of benzene rings is 1. The molecular formula is C16H23NO4. The quantitative estimate of drug-likeness (QED) is 0.739. The van der Waals surface area contributed by atoms with Gasteiger partial charge in [0.2, 0.25) is 0 Å². The summed E-state index contributed by atoms with van der Waals surface area (Å²) >= 11 is 0. The van der Waals surface area contributed by atoms with Gasteiger partial charge in [0, 0.05) is 6.04 Å². The third kappa shape index (κ3) is 6.40. The van der Waals surface area contributed by atoms with E-state index in [1.54, 1.807) is 6.92 Å². The lowest BCUT2D eigenvalue weighted by Gasteiger charge is -2.21. The van der Waals surface area contributed by atoms with E-state index in [1.807, 2.05) is 37.3 Å². The first-order chi connectivity index (χ1) is 10.1. The summed E-state index contributed by atoms with van der Waals surface area (Å²) < 4.78 is 9.72. The second kappa shape index (κ2) is 9.13. The van der Waals surface area contributed by atoms with Gasteiger partial charge in [-0.1, -0.05) is 30.3 Å². The van der Waals surface area contributed by atoms with Crippen molar-refractivity contribution in [2.24, 2.45) is 0 Å². The zero-order chi connectivity index (χ0) is 15.7. The molecule has 0 aliphatic rings. The summed E-state index contributed by atoms with van der Waals surface area (Å²) in [7, 11) is 1.35. The Hall–Kier alpha value is -1.88. The predicted octanol–water partition coefficient (Wildman–Crippen LogP) is 1.70. The molecule has 0 spiro atoms. The third-order valence-electron chi connectivity index (χ3n) is 3.04. The van der Waals surface area contributed by atoms with Crippen LogP contribution in [0.25, 0.3) is 0 Å². The van der Waals surface area contributed by atoms with Crippen molar-refractivity contribution in [3.8, 4) is 0 Å². The first-order valence-electron chi connectivity index (χ1n) is 7.10. The summed E-state index contributed by atoms with van der Waals surface area (Å²) in [6, 6.07) is 9.04. The minimum atomic E-state index is -0.480. The molecule has 0 fully saturated rings. The smallest absolute Gasteiger partial charge is 0.323 e. The Morgan fingerprint density at radius 3 is 2.48 bits per heavy atom. The Morgan fingerprint density at radius 1 is 1.24 bits per heavy atom. The summed E-state index contributed by atoms with van der Waals surface area (Å²) in [4.78, 5) is 23.3. The lowest BCUT2D eigenvalue weighted by Crippen LogP contribution is -2.45.